The quantitative estimate of drug-likeness (QED) is 0.705. The summed E-state index contributed by atoms with van der Waals surface area (Å²) in [7, 11) is 0. The van der Waals surface area contributed by atoms with Crippen molar-refractivity contribution in [2.45, 2.75) is 20.3 Å². The van der Waals surface area contributed by atoms with Crippen LogP contribution in [0, 0.1) is 11.8 Å². The van der Waals surface area contributed by atoms with Crippen LogP contribution in [-0.2, 0) is 4.79 Å². The van der Waals surface area contributed by atoms with Crippen LogP contribution in [0.25, 0.3) is 0 Å². The molecule has 4 N–H and O–H groups in total. The average molecular weight is 298 g/mol. The van der Waals surface area contributed by atoms with Gasteiger partial charge in [-0.25, -0.2) is 0 Å². The summed E-state index contributed by atoms with van der Waals surface area (Å²) in [5.74, 6) is -2.30. The van der Waals surface area contributed by atoms with Crippen LogP contribution in [0.4, 0.5) is 0 Å². The Bertz CT molecular complexity index is 510. The zero-order valence-electron chi connectivity index (χ0n) is 11.4. The molecule has 0 fully saturated rings. The molecule has 0 bridgehead atoms. The highest BCUT2D eigenvalue weighted by Gasteiger charge is 2.20. The van der Waals surface area contributed by atoms with Gasteiger partial charge in [-0.3, -0.25) is 14.4 Å². The summed E-state index contributed by atoms with van der Waals surface area (Å²) < 4.78 is 0. The first-order valence-electron chi connectivity index (χ1n) is 6.20. The molecule has 20 heavy (non-hydrogen) atoms. The number of carbonyl (C=O) groups is 3. The second kappa shape index (κ2) is 7.04. The molecular weight excluding hydrogens is 280 g/mol. The molecule has 1 rings (SSSR count). The fourth-order valence-electron chi connectivity index (χ4n) is 1.73. The van der Waals surface area contributed by atoms with Gasteiger partial charge in [-0.05, 0) is 18.4 Å². The van der Waals surface area contributed by atoms with Gasteiger partial charge in [-0.1, -0.05) is 13.8 Å². The Kier molecular flexibility index (Phi) is 5.69. The van der Waals surface area contributed by atoms with Gasteiger partial charge in [0.25, 0.3) is 5.91 Å². The number of primary amides is 1. The minimum absolute atomic E-state index is 0.0656. The van der Waals surface area contributed by atoms with Crippen molar-refractivity contribution in [1.29, 1.82) is 0 Å². The van der Waals surface area contributed by atoms with Crippen molar-refractivity contribution in [1.82, 2.24) is 5.32 Å². The molecule has 1 aromatic rings. The molecule has 0 aliphatic carbocycles. The summed E-state index contributed by atoms with van der Waals surface area (Å²) in [5, 5.41) is 13.1. The molecule has 110 valence electrons. The highest BCUT2D eigenvalue weighted by Crippen LogP contribution is 2.15. The van der Waals surface area contributed by atoms with Gasteiger partial charge in [0.05, 0.1) is 16.4 Å². The highest BCUT2D eigenvalue weighted by atomic mass is 32.1. The van der Waals surface area contributed by atoms with E-state index in [1.807, 2.05) is 13.8 Å². The lowest BCUT2D eigenvalue weighted by Crippen LogP contribution is -2.33. The Balaban J connectivity index is 2.60. The summed E-state index contributed by atoms with van der Waals surface area (Å²) in [4.78, 5) is 34.2. The van der Waals surface area contributed by atoms with E-state index in [1.54, 1.807) is 0 Å². The summed E-state index contributed by atoms with van der Waals surface area (Å²) in [6, 6.07) is 1.40. The second-order valence-corrected chi connectivity index (χ2v) is 5.85. The number of thiophene rings is 1. The predicted octanol–water partition coefficient (Wildman–Crippen LogP) is 1.32. The second-order valence-electron chi connectivity index (χ2n) is 4.94. The first-order valence-corrected chi connectivity index (χ1v) is 7.08. The Morgan fingerprint density at radius 3 is 2.50 bits per heavy atom. The van der Waals surface area contributed by atoms with Gasteiger partial charge in [-0.15, -0.1) is 11.3 Å². The van der Waals surface area contributed by atoms with Crippen LogP contribution in [0.3, 0.4) is 0 Å². The molecular formula is C13H18N2O4S. The van der Waals surface area contributed by atoms with Crippen LogP contribution in [-0.4, -0.2) is 29.4 Å². The first-order chi connectivity index (χ1) is 9.31. The van der Waals surface area contributed by atoms with E-state index >= 15 is 0 Å². The predicted molar refractivity (Wildman–Crippen MR) is 75.8 cm³/mol. The van der Waals surface area contributed by atoms with Crippen molar-refractivity contribution >= 4 is 29.1 Å². The van der Waals surface area contributed by atoms with E-state index in [4.69, 9.17) is 10.8 Å². The Morgan fingerprint density at radius 1 is 1.40 bits per heavy atom. The third kappa shape index (κ3) is 4.65. The van der Waals surface area contributed by atoms with E-state index in [2.05, 4.69) is 5.32 Å². The number of carbonyl (C=O) groups excluding carboxylic acids is 2. The first kappa shape index (κ1) is 16.2. The van der Waals surface area contributed by atoms with E-state index in [0.717, 1.165) is 11.3 Å². The fourth-order valence-corrected chi connectivity index (χ4v) is 2.54. The lowest BCUT2D eigenvalue weighted by atomic mass is 9.97. The number of rotatable bonds is 7. The van der Waals surface area contributed by atoms with Crippen molar-refractivity contribution in [3.05, 3.63) is 21.9 Å². The van der Waals surface area contributed by atoms with Crippen LogP contribution >= 0.6 is 11.3 Å². The smallest absolute Gasteiger partial charge is 0.308 e. The Hall–Kier alpha value is -1.89. The molecule has 0 aliphatic rings. The number of aliphatic carboxylic acids is 1. The summed E-state index contributed by atoms with van der Waals surface area (Å²) in [6.07, 6.45) is 0.493. The van der Waals surface area contributed by atoms with Crippen LogP contribution < -0.4 is 11.1 Å². The minimum atomic E-state index is -0.928. The van der Waals surface area contributed by atoms with Gasteiger partial charge < -0.3 is 16.2 Å². The molecule has 2 amide bonds. The number of hydrogen-bond donors (Lipinski definition) is 3. The van der Waals surface area contributed by atoms with Gasteiger partial charge in [0.2, 0.25) is 5.91 Å². The standard InChI is InChI=1S/C13H18N2O4S/c1-7(2)3-8(13(18)19)5-15-12(17)10-4-9(6-20-10)11(14)16/h4,6-8H,3,5H2,1-2H3,(H2,14,16)(H,15,17)(H,18,19). The van der Waals surface area contributed by atoms with Gasteiger partial charge >= 0.3 is 5.97 Å². The molecule has 0 saturated heterocycles. The van der Waals surface area contributed by atoms with Crippen molar-refractivity contribution < 1.29 is 19.5 Å². The number of carboxylic acids is 1. The number of amides is 2. The van der Waals surface area contributed by atoms with Gasteiger partial charge in [-0.2, -0.15) is 0 Å². The minimum Gasteiger partial charge on any atom is -0.481 e. The number of hydrogen-bond acceptors (Lipinski definition) is 4. The van der Waals surface area contributed by atoms with Crippen LogP contribution in [0.15, 0.2) is 11.4 Å². The van der Waals surface area contributed by atoms with Crippen molar-refractivity contribution in [3.63, 3.8) is 0 Å². The normalized spacial score (nSPS) is 12.2. The fraction of sp³-hybridized carbons (Fsp3) is 0.462. The van der Waals surface area contributed by atoms with E-state index in [1.165, 1.54) is 11.4 Å². The monoisotopic (exact) mass is 298 g/mol. The van der Waals surface area contributed by atoms with Gasteiger partial charge in [0.1, 0.15) is 0 Å². The maximum Gasteiger partial charge on any atom is 0.308 e. The van der Waals surface area contributed by atoms with E-state index in [-0.39, 0.29) is 18.0 Å². The van der Waals surface area contributed by atoms with Crippen LogP contribution in [0.1, 0.15) is 40.3 Å². The highest BCUT2D eigenvalue weighted by molar-refractivity contribution is 7.12. The SMILES string of the molecule is CC(C)CC(CNC(=O)c1cc(C(N)=O)cs1)C(=O)O. The van der Waals surface area contributed by atoms with Crippen molar-refractivity contribution in [3.8, 4) is 0 Å². The molecule has 0 saturated carbocycles. The topological polar surface area (TPSA) is 109 Å². The average Bonchev–Trinajstić information content (AvgIpc) is 2.82. The molecule has 1 unspecified atom stereocenters. The molecule has 6 nitrogen and oxygen atoms in total. The molecule has 0 aromatic carbocycles. The van der Waals surface area contributed by atoms with Gasteiger partial charge in [0.15, 0.2) is 0 Å². The summed E-state index contributed by atoms with van der Waals surface area (Å²) >= 11 is 1.10. The molecule has 7 heteroatoms. The maximum absolute atomic E-state index is 11.8. The summed E-state index contributed by atoms with van der Waals surface area (Å²) in [5.41, 5.74) is 5.38. The van der Waals surface area contributed by atoms with Crippen LogP contribution in [0.2, 0.25) is 0 Å². The summed E-state index contributed by atoms with van der Waals surface area (Å²) in [6.45, 7) is 3.92. The lowest BCUT2D eigenvalue weighted by Gasteiger charge is -2.14. The third-order valence-corrected chi connectivity index (χ3v) is 3.65. The van der Waals surface area contributed by atoms with E-state index in [9.17, 15) is 14.4 Å². The van der Waals surface area contributed by atoms with Crippen molar-refractivity contribution in [2.24, 2.45) is 17.6 Å². The third-order valence-electron chi connectivity index (χ3n) is 2.72. The number of nitrogens with one attached hydrogen (secondary N) is 1. The number of nitrogens with two attached hydrogens (primary N) is 1. The molecule has 0 aliphatic heterocycles. The molecule has 1 atom stereocenters. The maximum atomic E-state index is 11.8. The Morgan fingerprint density at radius 2 is 2.05 bits per heavy atom. The zero-order valence-corrected chi connectivity index (χ0v) is 12.2. The molecule has 1 heterocycles. The van der Waals surface area contributed by atoms with Crippen molar-refractivity contribution in [2.75, 3.05) is 6.54 Å². The largest absolute Gasteiger partial charge is 0.481 e. The Labute approximate surface area is 121 Å². The lowest BCUT2D eigenvalue weighted by molar-refractivity contribution is -0.142. The molecule has 0 radical (unpaired) electrons. The zero-order chi connectivity index (χ0) is 15.3. The molecule has 0 spiro atoms. The van der Waals surface area contributed by atoms with E-state index in [0.29, 0.717) is 11.3 Å². The van der Waals surface area contributed by atoms with Crippen LogP contribution in [0.5, 0.6) is 0 Å². The van der Waals surface area contributed by atoms with Gasteiger partial charge in [0, 0.05) is 11.9 Å². The molecule has 1 aromatic heterocycles. The number of carboxylic acid groups (broad SMARTS) is 1. The van der Waals surface area contributed by atoms with E-state index < -0.39 is 23.7 Å².